The Hall–Kier alpha value is -2.68. The van der Waals surface area contributed by atoms with Crippen LogP contribution in [0.25, 0.3) is 0 Å². The van der Waals surface area contributed by atoms with Gasteiger partial charge in [0.2, 0.25) is 10.0 Å². The van der Waals surface area contributed by atoms with Crippen LogP contribution in [0, 0.1) is 17.7 Å². The molecular weight excluding hydrogens is 615 g/mol. The molecule has 0 bridgehead atoms. The number of halogens is 2. The Bertz CT molecular complexity index is 1450. The number of rotatable bonds is 7. The average Bonchev–Trinajstić information content (AvgIpc) is 3.43. The van der Waals surface area contributed by atoms with Gasteiger partial charge in [-0.05, 0) is 53.2 Å². The molecule has 2 N–H and O–H groups in total. The molecular formula is C25H26BrFN4O6S2. The normalized spacial score (nSPS) is 24.5. The average molecular weight is 642 g/mol. The van der Waals surface area contributed by atoms with Gasteiger partial charge in [0.1, 0.15) is 11.9 Å². The van der Waals surface area contributed by atoms with E-state index in [0.29, 0.717) is 34.9 Å². The first-order valence-electron chi connectivity index (χ1n) is 12.3. The second kappa shape index (κ2) is 11.1. The highest BCUT2D eigenvalue weighted by Crippen LogP contribution is 2.41. The van der Waals surface area contributed by atoms with E-state index in [1.807, 2.05) is 0 Å². The van der Waals surface area contributed by atoms with E-state index in [9.17, 15) is 22.4 Å². The summed E-state index contributed by atoms with van der Waals surface area (Å²) < 4.78 is 47.5. The van der Waals surface area contributed by atoms with Crippen LogP contribution in [-0.4, -0.2) is 66.0 Å². The number of benzene rings is 1. The minimum atomic E-state index is -3.63. The predicted octanol–water partition coefficient (Wildman–Crippen LogP) is 3.47. The van der Waals surface area contributed by atoms with Gasteiger partial charge < -0.3 is 15.2 Å². The summed E-state index contributed by atoms with van der Waals surface area (Å²) in [7, 11) is -2.36. The van der Waals surface area contributed by atoms with Crippen molar-refractivity contribution in [2.75, 3.05) is 20.2 Å². The quantitative estimate of drug-likeness (QED) is 0.439. The fourth-order valence-corrected chi connectivity index (χ4v) is 8.41. The van der Waals surface area contributed by atoms with Gasteiger partial charge in [-0.15, -0.1) is 11.3 Å². The largest absolute Gasteiger partial charge is 0.481 e. The van der Waals surface area contributed by atoms with Crippen molar-refractivity contribution >= 4 is 55.1 Å². The van der Waals surface area contributed by atoms with E-state index in [1.165, 1.54) is 28.8 Å². The number of hydrogen-bond acceptors (Lipinski definition) is 9. The molecule has 1 aliphatic carbocycles. The first-order chi connectivity index (χ1) is 18.6. The Morgan fingerprint density at radius 1 is 1.26 bits per heavy atom. The van der Waals surface area contributed by atoms with E-state index < -0.39 is 45.0 Å². The first kappa shape index (κ1) is 27.9. The Kier molecular flexibility index (Phi) is 7.91. The van der Waals surface area contributed by atoms with E-state index in [1.54, 1.807) is 23.7 Å². The SMILES string of the molecule is COC(=O)C1=C(C2CCN(S(=O)(=O)C3CC(C(=O)O)C3)CC2)NC(c2nccs2)=N[C@@H]1c1cccc(F)c1Br. The molecule has 5 rings (SSSR count). The number of hydrogen-bond donors (Lipinski definition) is 2. The maximum Gasteiger partial charge on any atom is 0.338 e. The molecule has 10 nitrogen and oxygen atoms in total. The highest BCUT2D eigenvalue weighted by atomic mass is 79.9. The van der Waals surface area contributed by atoms with Crippen LogP contribution in [0.4, 0.5) is 4.39 Å². The molecule has 2 aliphatic heterocycles. The maximum absolute atomic E-state index is 14.5. The number of nitrogens with zero attached hydrogens (tertiary/aromatic N) is 3. The summed E-state index contributed by atoms with van der Waals surface area (Å²) in [6, 6.07) is 3.65. The summed E-state index contributed by atoms with van der Waals surface area (Å²) >= 11 is 4.66. The molecule has 2 aromatic rings. The summed E-state index contributed by atoms with van der Waals surface area (Å²) in [6.07, 6.45) is 2.71. The molecule has 1 atom stereocenters. The lowest BCUT2D eigenvalue weighted by atomic mass is 9.85. The maximum atomic E-state index is 14.5. The molecule has 1 saturated heterocycles. The highest BCUT2D eigenvalue weighted by molar-refractivity contribution is 9.10. The second-order valence-corrected chi connectivity index (χ2v) is 13.6. The van der Waals surface area contributed by atoms with E-state index in [-0.39, 0.29) is 41.9 Å². The fraction of sp³-hybridized carbons (Fsp3) is 0.440. The standard InChI is InChI=1S/C25H26BrFN4O6S2/c1-37-25(34)18-20(13-5-8-31(9-6-13)39(35,36)15-11-14(12-15)24(32)33)29-22(23-28-7-10-38-23)30-21(18)16-3-2-4-17(27)19(16)26/h2-4,7,10,13-15,21H,5-6,8-9,11-12H2,1H3,(H,29,30)(H,32,33)/t14?,15?,21-/m1/s1. The summed E-state index contributed by atoms with van der Waals surface area (Å²) in [5, 5.41) is 14.1. The molecule has 0 radical (unpaired) electrons. The van der Waals surface area contributed by atoms with Gasteiger partial charge in [-0.25, -0.2) is 26.9 Å². The van der Waals surface area contributed by atoms with Crippen LogP contribution in [0.3, 0.4) is 0 Å². The molecule has 2 fully saturated rings. The van der Waals surface area contributed by atoms with Gasteiger partial charge in [0.15, 0.2) is 10.8 Å². The lowest BCUT2D eigenvalue weighted by molar-refractivity contribution is -0.144. The van der Waals surface area contributed by atoms with Crippen LogP contribution >= 0.6 is 27.3 Å². The fourth-order valence-electron chi connectivity index (χ4n) is 5.25. The Morgan fingerprint density at radius 3 is 2.59 bits per heavy atom. The number of allylic oxidation sites excluding steroid dienone is 1. The Morgan fingerprint density at radius 2 is 1.97 bits per heavy atom. The number of ether oxygens (including phenoxy) is 1. The van der Waals surface area contributed by atoms with Crippen molar-refractivity contribution < 1.29 is 32.2 Å². The van der Waals surface area contributed by atoms with E-state index >= 15 is 0 Å². The minimum absolute atomic E-state index is 0.120. The van der Waals surface area contributed by atoms with Gasteiger partial charge in [-0.2, -0.15) is 0 Å². The van der Waals surface area contributed by atoms with Crippen molar-refractivity contribution in [1.82, 2.24) is 14.6 Å². The number of piperidine rings is 1. The van der Waals surface area contributed by atoms with Gasteiger partial charge in [0.05, 0.1) is 28.3 Å². The zero-order chi connectivity index (χ0) is 27.9. The first-order valence-corrected chi connectivity index (χ1v) is 15.5. The number of sulfonamides is 1. The van der Waals surface area contributed by atoms with Crippen LogP contribution < -0.4 is 5.32 Å². The number of amidine groups is 1. The van der Waals surface area contributed by atoms with Crippen molar-refractivity contribution in [2.45, 2.75) is 37.0 Å². The van der Waals surface area contributed by atoms with E-state index in [4.69, 9.17) is 14.8 Å². The number of nitrogens with one attached hydrogen (secondary N) is 1. The van der Waals surface area contributed by atoms with Crippen LogP contribution in [-0.2, 0) is 24.3 Å². The Labute approximate surface area is 237 Å². The molecule has 0 amide bonds. The van der Waals surface area contributed by atoms with E-state index in [0.717, 1.165) is 0 Å². The summed E-state index contributed by atoms with van der Waals surface area (Å²) in [5.74, 6) is -2.52. The number of carbonyl (C=O) groups is 2. The van der Waals surface area contributed by atoms with Gasteiger partial charge in [-0.3, -0.25) is 9.79 Å². The zero-order valence-electron chi connectivity index (χ0n) is 20.8. The molecule has 0 spiro atoms. The van der Waals surface area contributed by atoms with Crippen molar-refractivity contribution in [3.8, 4) is 0 Å². The van der Waals surface area contributed by atoms with Crippen molar-refractivity contribution in [1.29, 1.82) is 0 Å². The molecule has 1 aromatic carbocycles. The highest BCUT2D eigenvalue weighted by Gasteiger charge is 2.46. The monoisotopic (exact) mass is 640 g/mol. The van der Waals surface area contributed by atoms with Crippen LogP contribution in [0.15, 0.2) is 50.5 Å². The van der Waals surface area contributed by atoms with Gasteiger partial charge in [-0.1, -0.05) is 12.1 Å². The number of thiazole rings is 1. The third kappa shape index (κ3) is 5.26. The molecule has 1 saturated carbocycles. The number of carbonyl (C=O) groups excluding carboxylic acids is 1. The lowest BCUT2D eigenvalue weighted by Gasteiger charge is -2.40. The van der Waals surface area contributed by atoms with Crippen LogP contribution in [0.2, 0.25) is 0 Å². The number of aliphatic imine (C=N–C) groups is 1. The van der Waals surface area contributed by atoms with Crippen molar-refractivity contribution in [3.05, 3.63) is 61.9 Å². The van der Waals surface area contributed by atoms with Crippen LogP contribution in [0.5, 0.6) is 0 Å². The molecule has 1 aromatic heterocycles. The summed E-state index contributed by atoms with van der Waals surface area (Å²) in [4.78, 5) is 33.4. The van der Waals surface area contributed by atoms with Gasteiger partial charge >= 0.3 is 11.9 Å². The topological polar surface area (TPSA) is 138 Å². The minimum Gasteiger partial charge on any atom is -0.481 e. The number of methoxy groups -OCH3 is 1. The van der Waals surface area contributed by atoms with Crippen LogP contribution in [0.1, 0.15) is 42.3 Å². The molecule has 14 heteroatoms. The van der Waals surface area contributed by atoms with Gasteiger partial charge in [0, 0.05) is 36.3 Å². The molecule has 0 unspecified atom stereocenters. The number of carboxylic acid groups (broad SMARTS) is 1. The lowest BCUT2D eigenvalue weighted by Crippen LogP contribution is -2.50. The number of carboxylic acids is 1. The number of aliphatic carboxylic acids is 1. The molecule has 3 aliphatic rings. The zero-order valence-corrected chi connectivity index (χ0v) is 24.1. The molecule has 39 heavy (non-hydrogen) atoms. The third-order valence-corrected chi connectivity index (χ3v) is 11.4. The van der Waals surface area contributed by atoms with Crippen molar-refractivity contribution in [3.63, 3.8) is 0 Å². The Balaban J connectivity index is 1.46. The molecule has 208 valence electrons. The van der Waals surface area contributed by atoms with Crippen molar-refractivity contribution in [2.24, 2.45) is 16.8 Å². The van der Waals surface area contributed by atoms with Gasteiger partial charge in [0.25, 0.3) is 0 Å². The number of esters is 1. The summed E-state index contributed by atoms with van der Waals surface area (Å²) in [6.45, 7) is 0.442. The number of aromatic nitrogens is 1. The third-order valence-electron chi connectivity index (χ3n) is 7.48. The second-order valence-electron chi connectivity index (χ2n) is 9.65. The van der Waals surface area contributed by atoms with E-state index in [2.05, 4.69) is 26.2 Å². The summed E-state index contributed by atoms with van der Waals surface area (Å²) in [5.41, 5.74) is 1.23. The predicted molar refractivity (Wildman–Crippen MR) is 145 cm³/mol. The molecule has 3 heterocycles. The smallest absolute Gasteiger partial charge is 0.338 e.